The maximum atomic E-state index is 14.1. The molecule has 0 amide bonds. The maximum Gasteiger partial charge on any atom is 0.198 e. The van der Waals surface area contributed by atoms with Gasteiger partial charge in [0.15, 0.2) is 20.2 Å². The highest BCUT2D eigenvalue weighted by molar-refractivity contribution is 8.14. The van der Waals surface area contributed by atoms with Crippen molar-refractivity contribution in [2.45, 2.75) is 14.4 Å². The first-order valence-corrected chi connectivity index (χ1v) is 10.2. The van der Waals surface area contributed by atoms with Gasteiger partial charge in [-0.2, -0.15) is 0 Å². The highest BCUT2D eigenvalue weighted by Crippen LogP contribution is 2.34. The van der Waals surface area contributed by atoms with Crippen LogP contribution < -0.4 is 0 Å². The van der Waals surface area contributed by atoms with Gasteiger partial charge < -0.3 is 0 Å². The molecule has 3 rings (SSSR count). The van der Waals surface area contributed by atoms with E-state index in [2.05, 4.69) is 0 Å². The zero-order chi connectivity index (χ0) is 18.6. The van der Waals surface area contributed by atoms with Gasteiger partial charge >= 0.3 is 0 Å². The van der Waals surface area contributed by atoms with Gasteiger partial charge in [0.05, 0.1) is 4.90 Å². The normalized spacial score (nSPS) is 12.5. The SMILES string of the molecule is O=C(c1ccccc1)C(Sc1ccccc1F)S(=O)(=O)c1ccccc1. The highest BCUT2D eigenvalue weighted by Gasteiger charge is 2.36. The van der Waals surface area contributed by atoms with E-state index in [1.54, 1.807) is 54.6 Å². The molecule has 1 atom stereocenters. The van der Waals surface area contributed by atoms with E-state index >= 15 is 0 Å². The Bertz CT molecular complexity index is 1000. The van der Waals surface area contributed by atoms with Crippen molar-refractivity contribution < 1.29 is 17.6 Å². The van der Waals surface area contributed by atoms with Gasteiger partial charge in [0.2, 0.25) is 0 Å². The lowest BCUT2D eigenvalue weighted by Gasteiger charge is -2.17. The molecule has 0 aromatic heterocycles. The van der Waals surface area contributed by atoms with E-state index < -0.39 is 26.0 Å². The summed E-state index contributed by atoms with van der Waals surface area (Å²) < 4.78 is 38.8. The number of thioether (sulfide) groups is 1. The number of halogens is 1. The number of carbonyl (C=O) groups excluding carboxylic acids is 1. The van der Waals surface area contributed by atoms with Gasteiger partial charge in [-0.15, -0.1) is 0 Å². The predicted octanol–water partition coefficient (Wildman–Crippen LogP) is 4.60. The van der Waals surface area contributed by atoms with E-state index in [4.69, 9.17) is 0 Å². The lowest BCUT2D eigenvalue weighted by atomic mass is 10.1. The highest BCUT2D eigenvalue weighted by atomic mass is 32.3. The molecule has 3 aromatic carbocycles. The summed E-state index contributed by atoms with van der Waals surface area (Å²) in [6.07, 6.45) is 0. The van der Waals surface area contributed by atoms with Gasteiger partial charge in [0.1, 0.15) is 5.82 Å². The fourth-order valence-corrected chi connectivity index (χ4v) is 5.55. The summed E-state index contributed by atoms with van der Waals surface area (Å²) in [4.78, 5) is 13.1. The van der Waals surface area contributed by atoms with Crippen LogP contribution in [0.15, 0.2) is 94.7 Å². The van der Waals surface area contributed by atoms with E-state index in [1.807, 2.05) is 0 Å². The van der Waals surface area contributed by atoms with Gasteiger partial charge in [-0.25, -0.2) is 12.8 Å². The smallest absolute Gasteiger partial charge is 0.198 e. The molecule has 0 aliphatic carbocycles. The van der Waals surface area contributed by atoms with Crippen molar-refractivity contribution in [3.8, 4) is 0 Å². The molecule has 0 N–H and O–H groups in total. The van der Waals surface area contributed by atoms with Crippen LogP contribution in [0.5, 0.6) is 0 Å². The number of sulfone groups is 1. The lowest BCUT2D eigenvalue weighted by molar-refractivity contribution is 0.101. The molecule has 0 aliphatic heterocycles. The molecular formula is C20H15FO3S2. The van der Waals surface area contributed by atoms with Crippen LogP contribution in [-0.4, -0.2) is 18.8 Å². The molecule has 0 bridgehead atoms. The van der Waals surface area contributed by atoms with Crippen LogP contribution in [0.1, 0.15) is 10.4 Å². The fourth-order valence-electron chi connectivity index (χ4n) is 2.39. The van der Waals surface area contributed by atoms with Crippen molar-refractivity contribution in [2.75, 3.05) is 0 Å². The zero-order valence-corrected chi connectivity index (χ0v) is 15.2. The minimum absolute atomic E-state index is 0.0260. The first kappa shape index (κ1) is 18.4. The predicted molar refractivity (Wildman–Crippen MR) is 100 cm³/mol. The lowest BCUT2D eigenvalue weighted by Crippen LogP contribution is -2.27. The molecular weight excluding hydrogens is 371 g/mol. The molecule has 132 valence electrons. The third kappa shape index (κ3) is 3.86. The van der Waals surface area contributed by atoms with Crippen LogP contribution >= 0.6 is 11.8 Å². The standard InChI is InChI=1S/C20H15FO3S2/c21-17-13-7-8-14-18(17)25-20(19(22)15-9-3-1-4-10-15)26(23,24)16-11-5-2-6-12-16/h1-14,20H. The quantitative estimate of drug-likeness (QED) is 0.459. The Morgan fingerprint density at radius 2 is 1.35 bits per heavy atom. The molecule has 0 fully saturated rings. The molecule has 0 aliphatic rings. The van der Waals surface area contributed by atoms with Crippen molar-refractivity contribution in [3.63, 3.8) is 0 Å². The first-order chi connectivity index (χ1) is 12.5. The van der Waals surface area contributed by atoms with Crippen molar-refractivity contribution in [3.05, 3.63) is 96.3 Å². The average Bonchev–Trinajstić information content (AvgIpc) is 2.68. The Morgan fingerprint density at radius 3 is 1.96 bits per heavy atom. The topological polar surface area (TPSA) is 51.2 Å². The molecule has 0 saturated carbocycles. The Hall–Kier alpha value is -2.44. The molecule has 0 heterocycles. The number of carbonyl (C=O) groups is 1. The third-order valence-electron chi connectivity index (χ3n) is 3.70. The number of ketones is 1. The van der Waals surface area contributed by atoms with Crippen LogP contribution in [0.2, 0.25) is 0 Å². The number of hydrogen-bond donors (Lipinski definition) is 0. The monoisotopic (exact) mass is 386 g/mol. The zero-order valence-electron chi connectivity index (χ0n) is 13.6. The summed E-state index contributed by atoms with van der Waals surface area (Å²) in [5.74, 6) is -1.14. The summed E-state index contributed by atoms with van der Waals surface area (Å²) in [6.45, 7) is 0. The van der Waals surface area contributed by atoms with Gasteiger partial charge in [0.25, 0.3) is 0 Å². The maximum absolute atomic E-state index is 14.1. The van der Waals surface area contributed by atoms with E-state index in [1.165, 1.54) is 30.3 Å². The number of Topliss-reactive ketones (excluding diaryl/α,β-unsaturated/α-hetero) is 1. The molecule has 0 spiro atoms. The Kier molecular flexibility index (Phi) is 5.54. The first-order valence-electron chi connectivity index (χ1n) is 7.79. The minimum Gasteiger partial charge on any atom is -0.292 e. The molecule has 3 aromatic rings. The summed E-state index contributed by atoms with van der Waals surface area (Å²) in [5.41, 5.74) is 0.265. The van der Waals surface area contributed by atoms with Crippen molar-refractivity contribution in [2.24, 2.45) is 0 Å². The minimum atomic E-state index is -4.02. The Labute approximate surface area is 155 Å². The second-order valence-electron chi connectivity index (χ2n) is 5.47. The van der Waals surface area contributed by atoms with E-state index in [9.17, 15) is 17.6 Å². The van der Waals surface area contributed by atoms with Crippen LogP contribution in [-0.2, 0) is 9.84 Å². The van der Waals surface area contributed by atoms with E-state index in [0.29, 0.717) is 11.8 Å². The van der Waals surface area contributed by atoms with Crippen LogP contribution in [0, 0.1) is 5.82 Å². The number of rotatable bonds is 6. The average molecular weight is 386 g/mol. The largest absolute Gasteiger partial charge is 0.292 e. The van der Waals surface area contributed by atoms with Gasteiger partial charge in [-0.3, -0.25) is 4.79 Å². The number of benzene rings is 3. The Balaban J connectivity index is 2.07. The Morgan fingerprint density at radius 1 is 0.808 bits per heavy atom. The molecule has 0 saturated heterocycles. The van der Waals surface area contributed by atoms with Crippen molar-refractivity contribution in [1.82, 2.24) is 0 Å². The summed E-state index contributed by atoms with van der Waals surface area (Å²) in [7, 11) is -4.02. The van der Waals surface area contributed by atoms with Gasteiger partial charge in [-0.1, -0.05) is 72.4 Å². The molecule has 0 radical (unpaired) electrons. The summed E-state index contributed by atoms with van der Waals surface area (Å²) in [6, 6.07) is 21.7. The van der Waals surface area contributed by atoms with Gasteiger partial charge in [0, 0.05) is 10.5 Å². The van der Waals surface area contributed by atoms with E-state index in [-0.39, 0.29) is 15.4 Å². The number of hydrogen-bond acceptors (Lipinski definition) is 4. The van der Waals surface area contributed by atoms with Crippen LogP contribution in [0.25, 0.3) is 0 Å². The summed E-state index contributed by atoms with van der Waals surface area (Å²) in [5, 5.41) is 0. The molecule has 26 heavy (non-hydrogen) atoms. The summed E-state index contributed by atoms with van der Waals surface area (Å²) >= 11 is 0.708. The molecule has 6 heteroatoms. The van der Waals surface area contributed by atoms with Crippen molar-refractivity contribution in [1.29, 1.82) is 0 Å². The van der Waals surface area contributed by atoms with Crippen LogP contribution in [0.3, 0.4) is 0 Å². The second-order valence-corrected chi connectivity index (χ2v) is 8.95. The fraction of sp³-hybridized carbons (Fsp3) is 0.0500. The van der Waals surface area contributed by atoms with E-state index in [0.717, 1.165) is 0 Å². The van der Waals surface area contributed by atoms with Gasteiger partial charge in [-0.05, 0) is 24.3 Å². The second kappa shape index (κ2) is 7.85. The molecule has 3 nitrogen and oxygen atoms in total. The van der Waals surface area contributed by atoms with Crippen LogP contribution in [0.4, 0.5) is 4.39 Å². The molecule has 1 unspecified atom stereocenters. The third-order valence-corrected chi connectivity index (χ3v) is 7.47. The van der Waals surface area contributed by atoms with Crippen molar-refractivity contribution >= 4 is 27.4 Å².